The van der Waals surface area contributed by atoms with Crippen molar-refractivity contribution < 1.29 is 9.59 Å². The zero-order valence-corrected chi connectivity index (χ0v) is 16.3. The minimum atomic E-state index is -0.0968. The predicted molar refractivity (Wildman–Crippen MR) is 102 cm³/mol. The Kier molecular flexibility index (Phi) is 5.62. The summed E-state index contributed by atoms with van der Waals surface area (Å²) in [4.78, 5) is 28.9. The maximum Gasteiger partial charge on any atom is 0.245 e. The number of nitrogens with zero attached hydrogens (tertiary/aromatic N) is 2. The number of carbonyl (C=O) groups excluding carboxylic acids is 2. The van der Waals surface area contributed by atoms with Gasteiger partial charge in [-0.25, -0.2) is 0 Å². The first kappa shape index (κ1) is 18.2. The van der Waals surface area contributed by atoms with E-state index in [9.17, 15) is 9.59 Å². The number of piperidine rings is 1. The van der Waals surface area contributed by atoms with Gasteiger partial charge in [-0.15, -0.1) is 0 Å². The summed E-state index contributed by atoms with van der Waals surface area (Å²) in [6.07, 6.45) is 4.91. The van der Waals surface area contributed by atoms with E-state index in [0.29, 0.717) is 13.1 Å². The predicted octanol–water partition coefficient (Wildman–Crippen LogP) is 3.54. The van der Waals surface area contributed by atoms with Crippen LogP contribution in [0.2, 0.25) is 0 Å². The van der Waals surface area contributed by atoms with E-state index in [-0.39, 0.29) is 23.8 Å². The van der Waals surface area contributed by atoms with Crippen molar-refractivity contribution in [1.82, 2.24) is 9.80 Å². The number of carbonyl (C=O) groups is 2. The number of fused-ring (bicyclic) bond motifs is 1. The van der Waals surface area contributed by atoms with E-state index in [0.717, 1.165) is 36.7 Å². The third-order valence-corrected chi connectivity index (χ3v) is 6.19. The second kappa shape index (κ2) is 7.73. The monoisotopic (exact) mass is 404 g/mol. The van der Waals surface area contributed by atoms with Crippen LogP contribution in [0.25, 0.3) is 0 Å². The molecule has 0 saturated carbocycles. The molecule has 2 aliphatic rings. The maximum atomic E-state index is 13.2. The van der Waals surface area contributed by atoms with Crippen LogP contribution >= 0.6 is 15.9 Å². The summed E-state index contributed by atoms with van der Waals surface area (Å²) in [6.45, 7) is 7.61. The van der Waals surface area contributed by atoms with Gasteiger partial charge in [-0.2, -0.15) is 0 Å². The number of likely N-dealkylation sites (tertiary alicyclic amines) is 1. The van der Waals surface area contributed by atoms with E-state index in [1.807, 2.05) is 11.0 Å². The van der Waals surface area contributed by atoms with Gasteiger partial charge in [0.05, 0.1) is 5.92 Å². The van der Waals surface area contributed by atoms with Gasteiger partial charge in [0, 0.05) is 30.1 Å². The quantitative estimate of drug-likeness (QED) is 0.722. The first-order chi connectivity index (χ1) is 12.0. The zero-order chi connectivity index (χ0) is 18.0. The SMILES string of the molecule is C=CC(=O)N1CCCC(C(=O)N2Cc3cccc(Br)c3CC2CC)C1. The highest BCUT2D eigenvalue weighted by Gasteiger charge is 2.35. The molecule has 0 radical (unpaired) electrons. The lowest BCUT2D eigenvalue weighted by Gasteiger charge is -2.41. The minimum Gasteiger partial charge on any atom is -0.338 e. The molecule has 1 saturated heterocycles. The van der Waals surface area contributed by atoms with Gasteiger partial charge < -0.3 is 9.80 Å². The van der Waals surface area contributed by atoms with Crippen LogP contribution in [0.4, 0.5) is 0 Å². The Hall–Kier alpha value is -1.62. The van der Waals surface area contributed by atoms with Gasteiger partial charge >= 0.3 is 0 Å². The largest absolute Gasteiger partial charge is 0.338 e. The summed E-state index contributed by atoms with van der Waals surface area (Å²) >= 11 is 3.65. The highest BCUT2D eigenvalue weighted by Crippen LogP contribution is 2.32. The molecule has 25 heavy (non-hydrogen) atoms. The van der Waals surface area contributed by atoms with Crippen LogP contribution in [0.3, 0.4) is 0 Å². The molecule has 0 aromatic heterocycles. The van der Waals surface area contributed by atoms with Crippen molar-refractivity contribution in [1.29, 1.82) is 0 Å². The Morgan fingerprint density at radius 3 is 2.92 bits per heavy atom. The van der Waals surface area contributed by atoms with Gasteiger partial charge in [0.25, 0.3) is 0 Å². The van der Waals surface area contributed by atoms with Gasteiger partial charge in [-0.3, -0.25) is 9.59 Å². The summed E-state index contributed by atoms with van der Waals surface area (Å²) in [5.41, 5.74) is 2.55. The van der Waals surface area contributed by atoms with Crippen molar-refractivity contribution in [2.75, 3.05) is 13.1 Å². The Morgan fingerprint density at radius 2 is 2.20 bits per heavy atom. The number of hydrogen-bond acceptors (Lipinski definition) is 2. The summed E-state index contributed by atoms with van der Waals surface area (Å²) in [6, 6.07) is 6.44. The summed E-state index contributed by atoms with van der Waals surface area (Å²) < 4.78 is 1.14. The van der Waals surface area contributed by atoms with Gasteiger partial charge in [0.15, 0.2) is 0 Å². The van der Waals surface area contributed by atoms with E-state index in [4.69, 9.17) is 0 Å². The van der Waals surface area contributed by atoms with Crippen LogP contribution in [0.1, 0.15) is 37.3 Å². The van der Waals surface area contributed by atoms with Crippen molar-refractivity contribution in [2.24, 2.45) is 5.92 Å². The fourth-order valence-corrected chi connectivity index (χ4v) is 4.57. The van der Waals surface area contributed by atoms with E-state index in [2.05, 4.69) is 41.6 Å². The van der Waals surface area contributed by atoms with Crippen LogP contribution in [-0.4, -0.2) is 40.7 Å². The smallest absolute Gasteiger partial charge is 0.245 e. The first-order valence-electron chi connectivity index (χ1n) is 9.03. The second-order valence-electron chi connectivity index (χ2n) is 6.94. The molecule has 5 heteroatoms. The third kappa shape index (κ3) is 3.66. The molecule has 1 aromatic carbocycles. The van der Waals surface area contributed by atoms with Crippen molar-refractivity contribution in [3.05, 3.63) is 46.5 Å². The summed E-state index contributed by atoms with van der Waals surface area (Å²) in [5.74, 6) is 0.0249. The summed E-state index contributed by atoms with van der Waals surface area (Å²) in [5, 5.41) is 0. The average molecular weight is 405 g/mol. The second-order valence-corrected chi connectivity index (χ2v) is 7.79. The maximum absolute atomic E-state index is 13.2. The van der Waals surface area contributed by atoms with Crippen molar-refractivity contribution in [3.63, 3.8) is 0 Å². The summed E-state index contributed by atoms with van der Waals surface area (Å²) in [7, 11) is 0. The molecule has 2 aliphatic heterocycles. The molecule has 0 N–H and O–H groups in total. The molecular formula is C20H25BrN2O2. The normalized spacial score (nSPS) is 23.1. The standard InChI is InChI=1S/C20H25BrN2O2/c1-3-16-11-17-14(7-5-9-18(17)21)13-23(16)20(25)15-8-6-10-22(12-15)19(24)4-2/h4-5,7,9,15-16H,2-3,6,8,10-13H2,1H3. The number of benzene rings is 1. The van der Waals surface area contributed by atoms with E-state index in [1.165, 1.54) is 17.2 Å². The molecule has 1 aromatic rings. The third-order valence-electron chi connectivity index (χ3n) is 5.45. The Labute approximate surface area is 158 Å². The number of hydrogen-bond donors (Lipinski definition) is 0. The van der Waals surface area contributed by atoms with Crippen LogP contribution < -0.4 is 0 Å². The van der Waals surface area contributed by atoms with Crippen LogP contribution in [0.15, 0.2) is 35.3 Å². The molecule has 3 rings (SSSR count). The van der Waals surface area contributed by atoms with Crippen molar-refractivity contribution in [3.8, 4) is 0 Å². The molecule has 134 valence electrons. The van der Waals surface area contributed by atoms with Gasteiger partial charge in [0.2, 0.25) is 11.8 Å². The van der Waals surface area contributed by atoms with E-state index < -0.39 is 0 Å². The molecule has 0 aliphatic carbocycles. The first-order valence-corrected chi connectivity index (χ1v) is 9.82. The molecule has 2 amide bonds. The Balaban J connectivity index is 1.79. The van der Waals surface area contributed by atoms with Crippen LogP contribution in [-0.2, 0) is 22.6 Å². The fraction of sp³-hybridized carbons (Fsp3) is 0.500. The minimum absolute atomic E-state index is 0.0718. The van der Waals surface area contributed by atoms with Gasteiger partial charge in [-0.05, 0) is 49.0 Å². The molecule has 2 unspecified atom stereocenters. The van der Waals surface area contributed by atoms with Gasteiger partial charge in [-0.1, -0.05) is 41.6 Å². The van der Waals surface area contributed by atoms with Crippen LogP contribution in [0.5, 0.6) is 0 Å². The molecule has 4 nitrogen and oxygen atoms in total. The van der Waals surface area contributed by atoms with Crippen molar-refractivity contribution >= 4 is 27.7 Å². The lowest BCUT2D eigenvalue weighted by atomic mass is 9.89. The topological polar surface area (TPSA) is 40.6 Å². The zero-order valence-electron chi connectivity index (χ0n) is 14.7. The van der Waals surface area contributed by atoms with Crippen molar-refractivity contribution in [2.45, 2.75) is 45.2 Å². The highest BCUT2D eigenvalue weighted by atomic mass is 79.9. The molecule has 1 fully saturated rings. The fourth-order valence-electron chi connectivity index (χ4n) is 4.00. The van der Waals surface area contributed by atoms with Crippen LogP contribution in [0, 0.1) is 5.92 Å². The molecular weight excluding hydrogens is 380 g/mol. The Bertz CT molecular complexity index is 688. The Morgan fingerprint density at radius 1 is 1.40 bits per heavy atom. The van der Waals surface area contributed by atoms with E-state index >= 15 is 0 Å². The number of rotatable bonds is 3. The molecule has 0 bridgehead atoms. The molecule has 2 heterocycles. The van der Waals surface area contributed by atoms with E-state index in [1.54, 1.807) is 4.90 Å². The number of amides is 2. The molecule has 2 atom stereocenters. The lowest BCUT2D eigenvalue weighted by molar-refractivity contribution is -0.142. The van der Waals surface area contributed by atoms with Gasteiger partial charge in [0.1, 0.15) is 0 Å². The molecule has 0 spiro atoms. The highest BCUT2D eigenvalue weighted by molar-refractivity contribution is 9.10. The average Bonchev–Trinajstić information content (AvgIpc) is 2.66. The lowest BCUT2D eigenvalue weighted by Crippen LogP contribution is -2.51. The number of halogens is 1.